The van der Waals surface area contributed by atoms with Crippen molar-refractivity contribution in [3.05, 3.63) is 99.6 Å². The van der Waals surface area contributed by atoms with Crippen molar-refractivity contribution >= 4 is 50.8 Å². The van der Waals surface area contributed by atoms with E-state index in [-0.39, 0.29) is 11.3 Å². The van der Waals surface area contributed by atoms with Gasteiger partial charge in [0.2, 0.25) is 5.89 Å². The molecule has 1 aromatic heterocycles. The van der Waals surface area contributed by atoms with Crippen LogP contribution in [0.15, 0.2) is 83.3 Å². The Morgan fingerprint density at radius 3 is 2.59 bits per heavy atom. The smallest absolute Gasteiger partial charge is 0.270 e. The van der Waals surface area contributed by atoms with Gasteiger partial charge in [0.25, 0.3) is 11.6 Å². The number of nitrogens with zero attached hydrogens (tertiary/aromatic N) is 2. The summed E-state index contributed by atoms with van der Waals surface area (Å²) >= 11 is 6.31. The number of fused-ring (bicyclic) bond motifs is 2. The van der Waals surface area contributed by atoms with Gasteiger partial charge in [-0.25, -0.2) is 4.98 Å². The van der Waals surface area contributed by atoms with Crippen molar-refractivity contribution in [2.24, 2.45) is 0 Å². The maximum atomic E-state index is 12.5. The molecular formula is C24H14ClN3O4. The number of non-ortho nitro benzene ring substituents is 1. The van der Waals surface area contributed by atoms with E-state index in [1.807, 2.05) is 36.4 Å². The van der Waals surface area contributed by atoms with Crippen LogP contribution in [-0.4, -0.2) is 15.8 Å². The first-order chi connectivity index (χ1) is 15.5. The summed E-state index contributed by atoms with van der Waals surface area (Å²) in [4.78, 5) is 27.5. The lowest BCUT2D eigenvalue weighted by Gasteiger charge is -2.04. The van der Waals surface area contributed by atoms with Crippen LogP contribution in [0, 0.1) is 10.1 Å². The number of benzene rings is 4. The molecule has 1 amide bonds. The number of rotatable bonds is 4. The average molecular weight is 444 g/mol. The molecule has 4 aromatic carbocycles. The van der Waals surface area contributed by atoms with E-state index in [1.54, 1.807) is 18.2 Å². The zero-order chi connectivity index (χ0) is 22.2. The number of oxazole rings is 1. The zero-order valence-electron chi connectivity index (χ0n) is 16.4. The van der Waals surface area contributed by atoms with Crippen molar-refractivity contribution in [2.75, 3.05) is 5.32 Å². The predicted octanol–water partition coefficient (Wildman–Crippen LogP) is 6.46. The van der Waals surface area contributed by atoms with Crippen molar-refractivity contribution < 1.29 is 14.1 Å². The summed E-state index contributed by atoms with van der Waals surface area (Å²) in [5.74, 6) is -0.0181. The molecule has 0 aliphatic heterocycles. The number of nitro groups is 1. The summed E-state index contributed by atoms with van der Waals surface area (Å²) in [6, 6.07) is 22.0. The van der Waals surface area contributed by atoms with Crippen LogP contribution in [0.1, 0.15) is 10.4 Å². The number of halogens is 1. The van der Waals surface area contributed by atoms with Crippen LogP contribution in [0.25, 0.3) is 33.3 Å². The first kappa shape index (κ1) is 19.7. The molecule has 1 heterocycles. The second kappa shape index (κ2) is 7.79. The van der Waals surface area contributed by atoms with Crippen molar-refractivity contribution in [1.82, 2.24) is 4.98 Å². The molecular weight excluding hydrogens is 430 g/mol. The van der Waals surface area contributed by atoms with Gasteiger partial charge >= 0.3 is 0 Å². The predicted molar refractivity (Wildman–Crippen MR) is 123 cm³/mol. The van der Waals surface area contributed by atoms with Gasteiger partial charge in [0, 0.05) is 39.4 Å². The monoisotopic (exact) mass is 443 g/mol. The van der Waals surface area contributed by atoms with Crippen LogP contribution in [-0.2, 0) is 0 Å². The van der Waals surface area contributed by atoms with Crippen molar-refractivity contribution in [2.45, 2.75) is 0 Å². The van der Waals surface area contributed by atoms with E-state index in [2.05, 4.69) is 10.3 Å². The molecule has 5 aromatic rings. The first-order valence-electron chi connectivity index (χ1n) is 9.63. The summed E-state index contributed by atoms with van der Waals surface area (Å²) in [7, 11) is 0. The van der Waals surface area contributed by atoms with E-state index < -0.39 is 10.8 Å². The molecule has 0 atom stereocenters. The number of hydrogen-bond donors (Lipinski definition) is 1. The molecule has 8 heteroatoms. The molecule has 0 saturated carbocycles. The Bertz CT molecular complexity index is 1530. The standard InChI is InChI=1S/C24H14ClN3O4/c25-20-9-3-6-17-18(20)7-2-8-19(17)24-27-21-13-15(10-11-22(21)32-24)26-23(29)14-4-1-5-16(12-14)28(30)31/h1-13H,(H,26,29). The second-order valence-electron chi connectivity index (χ2n) is 7.10. The number of anilines is 1. The normalized spacial score (nSPS) is 11.0. The third-order valence-electron chi connectivity index (χ3n) is 5.06. The number of nitrogens with one attached hydrogen (secondary N) is 1. The Balaban J connectivity index is 1.48. The molecule has 7 nitrogen and oxygen atoms in total. The molecule has 0 unspecified atom stereocenters. The maximum absolute atomic E-state index is 12.5. The summed E-state index contributed by atoms with van der Waals surface area (Å²) in [5.41, 5.74) is 2.47. The number of amides is 1. The molecule has 0 saturated heterocycles. The molecule has 5 rings (SSSR count). The summed E-state index contributed by atoms with van der Waals surface area (Å²) in [5, 5.41) is 16.2. The van der Waals surface area contributed by atoms with Crippen LogP contribution in [0.4, 0.5) is 11.4 Å². The number of carbonyl (C=O) groups is 1. The molecule has 0 fully saturated rings. The minimum Gasteiger partial charge on any atom is -0.436 e. The minimum absolute atomic E-state index is 0.149. The van der Waals surface area contributed by atoms with Crippen LogP contribution in [0.2, 0.25) is 5.02 Å². The lowest BCUT2D eigenvalue weighted by molar-refractivity contribution is -0.384. The topological polar surface area (TPSA) is 98.3 Å². The molecule has 0 aliphatic rings. The van der Waals surface area contributed by atoms with Crippen molar-refractivity contribution in [3.8, 4) is 11.5 Å². The molecule has 0 radical (unpaired) electrons. The quantitative estimate of drug-likeness (QED) is 0.254. The Kier molecular flexibility index (Phi) is 4.80. The highest BCUT2D eigenvalue weighted by Crippen LogP contribution is 2.34. The second-order valence-corrected chi connectivity index (χ2v) is 7.51. The van der Waals surface area contributed by atoms with Gasteiger partial charge in [-0.05, 0) is 41.8 Å². The summed E-state index contributed by atoms with van der Waals surface area (Å²) in [6.07, 6.45) is 0. The number of hydrogen-bond acceptors (Lipinski definition) is 5. The van der Waals surface area contributed by atoms with Crippen LogP contribution in [0.3, 0.4) is 0 Å². The summed E-state index contributed by atoms with van der Waals surface area (Å²) < 4.78 is 5.95. The molecule has 1 N–H and O–H groups in total. The van der Waals surface area contributed by atoms with Gasteiger partial charge in [-0.3, -0.25) is 14.9 Å². The highest BCUT2D eigenvalue weighted by molar-refractivity contribution is 6.35. The van der Waals surface area contributed by atoms with E-state index in [9.17, 15) is 14.9 Å². The van der Waals surface area contributed by atoms with E-state index in [0.29, 0.717) is 27.7 Å². The van der Waals surface area contributed by atoms with Gasteiger partial charge in [-0.1, -0.05) is 41.9 Å². The van der Waals surface area contributed by atoms with Crippen molar-refractivity contribution in [3.63, 3.8) is 0 Å². The first-order valence-corrected chi connectivity index (χ1v) is 10.0. The van der Waals surface area contributed by atoms with Crippen LogP contribution in [0.5, 0.6) is 0 Å². The third kappa shape index (κ3) is 3.55. The summed E-state index contributed by atoms with van der Waals surface area (Å²) in [6.45, 7) is 0. The SMILES string of the molecule is O=C(Nc1ccc2oc(-c3cccc4c(Cl)cccc34)nc2c1)c1cccc([N+](=O)[O-])c1. The average Bonchev–Trinajstić information content (AvgIpc) is 3.22. The molecule has 32 heavy (non-hydrogen) atoms. The highest BCUT2D eigenvalue weighted by atomic mass is 35.5. The minimum atomic E-state index is -0.541. The van der Waals surface area contributed by atoms with E-state index in [1.165, 1.54) is 24.3 Å². The third-order valence-corrected chi connectivity index (χ3v) is 5.39. The highest BCUT2D eigenvalue weighted by Gasteiger charge is 2.15. The van der Waals surface area contributed by atoms with Crippen LogP contribution < -0.4 is 5.32 Å². The zero-order valence-corrected chi connectivity index (χ0v) is 17.2. The fraction of sp³-hybridized carbons (Fsp3) is 0. The number of aromatic nitrogens is 1. The van der Waals surface area contributed by atoms with Gasteiger partial charge in [-0.15, -0.1) is 0 Å². The fourth-order valence-electron chi connectivity index (χ4n) is 3.54. The van der Waals surface area contributed by atoms with E-state index in [4.69, 9.17) is 16.0 Å². The Hall–Kier alpha value is -4.23. The lowest BCUT2D eigenvalue weighted by Crippen LogP contribution is -2.12. The number of carbonyl (C=O) groups excluding carboxylic acids is 1. The molecule has 0 bridgehead atoms. The van der Waals surface area contributed by atoms with Gasteiger partial charge in [0.1, 0.15) is 5.52 Å². The van der Waals surface area contributed by atoms with Gasteiger partial charge in [0.05, 0.1) is 4.92 Å². The largest absolute Gasteiger partial charge is 0.436 e. The Morgan fingerprint density at radius 1 is 0.969 bits per heavy atom. The van der Waals surface area contributed by atoms with Crippen molar-refractivity contribution in [1.29, 1.82) is 0 Å². The maximum Gasteiger partial charge on any atom is 0.270 e. The van der Waals surface area contributed by atoms with Gasteiger partial charge < -0.3 is 9.73 Å². The van der Waals surface area contributed by atoms with E-state index in [0.717, 1.165) is 16.3 Å². The van der Waals surface area contributed by atoms with Crippen LogP contribution >= 0.6 is 11.6 Å². The van der Waals surface area contributed by atoms with E-state index >= 15 is 0 Å². The van der Waals surface area contributed by atoms with Gasteiger partial charge in [-0.2, -0.15) is 0 Å². The number of nitro benzene ring substituents is 1. The Labute approximate surface area is 186 Å². The van der Waals surface area contributed by atoms with Gasteiger partial charge in [0.15, 0.2) is 5.58 Å². The molecule has 0 aliphatic carbocycles. The fourth-order valence-corrected chi connectivity index (χ4v) is 3.78. The molecule has 156 valence electrons. The molecule has 0 spiro atoms. The lowest BCUT2D eigenvalue weighted by atomic mass is 10.0. The Morgan fingerprint density at radius 2 is 1.75 bits per heavy atom.